The monoisotopic (exact) mass is 283 g/mol. The predicted molar refractivity (Wildman–Crippen MR) is 78.7 cm³/mol. The van der Waals surface area contributed by atoms with Gasteiger partial charge in [-0.05, 0) is 24.6 Å². The minimum absolute atomic E-state index is 0.00425. The second-order valence-corrected chi connectivity index (χ2v) is 4.43. The van der Waals surface area contributed by atoms with Crippen molar-refractivity contribution < 1.29 is 9.84 Å². The van der Waals surface area contributed by atoms with E-state index >= 15 is 0 Å². The number of nitrogens with one attached hydrogen (secondary N) is 1. The number of pyridine rings is 1. The van der Waals surface area contributed by atoms with Crippen LogP contribution in [0.5, 0.6) is 11.5 Å². The molecule has 0 aliphatic carbocycles. The molecule has 0 fully saturated rings. The molecule has 0 saturated heterocycles. The van der Waals surface area contributed by atoms with Gasteiger partial charge in [0.25, 0.3) is 0 Å². The lowest BCUT2D eigenvalue weighted by Gasteiger charge is -2.15. The van der Waals surface area contributed by atoms with Gasteiger partial charge in [0, 0.05) is 24.5 Å². The molecule has 108 valence electrons. The Bertz CT molecular complexity index is 623. The van der Waals surface area contributed by atoms with E-state index in [0.29, 0.717) is 24.5 Å². The number of benzene rings is 1. The van der Waals surface area contributed by atoms with E-state index in [1.54, 1.807) is 30.6 Å². The minimum Gasteiger partial charge on any atom is -0.504 e. The highest BCUT2D eigenvalue weighted by molar-refractivity contribution is 5.48. The highest BCUT2D eigenvalue weighted by Crippen LogP contribution is 2.33. The lowest BCUT2D eigenvalue weighted by atomic mass is 10.1. The number of ether oxygens (including phenoxy) is 1. The Morgan fingerprint density at radius 2 is 2.24 bits per heavy atom. The summed E-state index contributed by atoms with van der Waals surface area (Å²) in [6.45, 7) is 2.79. The van der Waals surface area contributed by atoms with Crippen molar-refractivity contribution in [3.8, 4) is 17.6 Å². The van der Waals surface area contributed by atoms with Gasteiger partial charge in [-0.15, -0.1) is 0 Å². The van der Waals surface area contributed by atoms with E-state index in [1.165, 1.54) is 0 Å². The normalized spacial score (nSPS) is 11.6. The molecule has 1 atom stereocenters. The van der Waals surface area contributed by atoms with Crippen LogP contribution in [0.15, 0.2) is 42.7 Å². The molecule has 1 aromatic heterocycles. The Hall–Kier alpha value is -2.58. The van der Waals surface area contributed by atoms with Crippen molar-refractivity contribution in [1.29, 1.82) is 5.26 Å². The molecular weight excluding hydrogens is 266 g/mol. The van der Waals surface area contributed by atoms with Crippen LogP contribution in [-0.2, 0) is 6.54 Å². The van der Waals surface area contributed by atoms with Crippen LogP contribution in [0.25, 0.3) is 0 Å². The number of rotatable bonds is 6. The summed E-state index contributed by atoms with van der Waals surface area (Å²) in [5.74, 6) is 0.392. The van der Waals surface area contributed by atoms with E-state index in [-0.39, 0.29) is 5.75 Å². The van der Waals surface area contributed by atoms with Gasteiger partial charge in [-0.2, -0.15) is 5.26 Å². The summed E-state index contributed by atoms with van der Waals surface area (Å²) in [7, 11) is 0. The third-order valence-corrected chi connectivity index (χ3v) is 3.00. The van der Waals surface area contributed by atoms with Crippen molar-refractivity contribution in [3.63, 3.8) is 0 Å². The van der Waals surface area contributed by atoms with Gasteiger partial charge in [-0.1, -0.05) is 18.2 Å². The predicted octanol–water partition coefficient (Wildman–Crippen LogP) is 2.54. The molecule has 21 heavy (non-hydrogen) atoms. The Labute approximate surface area is 123 Å². The number of phenols is 1. The van der Waals surface area contributed by atoms with Crippen LogP contribution in [0.2, 0.25) is 0 Å². The fourth-order valence-electron chi connectivity index (χ4n) is 1.99. The molecule has 5 heteroatoms. The summed E-state index contributed by atoms with van der Waals surface area (Å²) in [6, 6.07) is 10.4. The molecule has 1 heterocycles. The Balaban J connectivity index is 2.14. The van der Waals surface area contributed by atoms with Gasteiger partial charge in [-0.3, -0.25) is 10.3 Å². The number of nitrogens with zero attached hydrogens (tertiary/aromatic N) is 2. The average molecular weight is 283 g/mol. The lowest BCUT2D eigenvalue weighted by Crippen LogP contribution is -2.19. The van der Waals surface area contributed by atoms with Crippen molar-refractivity contribution in [3.05, 3.63) is 53.9 Å². The number of aromatic nitrogens is 1. The van der Waals surface area contributed by atoms with Gasteiger partial charge < -0.3 is 9.84 Å². The molecular formula is C16H17N3O2. The molecule has 5 nitrogen and oxygen atoms in total. The number of hydrogen-bond acceptors (Lipinski definition) is 5. The van der Waals surface area contributed by atoms with Gasteiger partial charge in [0.1, 0.15) is 6.04 Å². The summed E-state index contributed by atoms with van der Waals surface area (Å²) in [6.07, 6.45) is 3.43. The Kier molecular flexibility index (Phi) is 5.13. The van der Waals surface area contributed by atoms with Crippen LogP contribution in [-0.4, -0.2) is 16.7 Å². The van der Waals surface area contributed by atoms with Crippen LogP contribution < -0.4 is 10.1 Å². The number of aromatic hydroxyl groups is 1. The summed E-state index contributed by atoms with van der Waals surface area (Å²) < 4.78 is 5.34. The second-order valence-electron chi connectivity index (χ2n) is 4.43. The summed E-state index contributed by atoms with van der Waals surface area (Å²) >= 11 is 0. The Morgan fingerprint density at radius 3 is 2.90 bits per heavy atom. The van der Waals surface area contributed by atoms with Gasteiger partial charge >= 0.3 is 0 Å². The molecule has 2 N–H and O–H groups in total. The van der Waals surface area contributed by atoms with Crippen molar-refractivity contribution >= 4 is 0 Å². The highest BCUT2D eigenvalue weighted by Gasteiger charge is 2.17. The fraction of sp³-hybridized carbons (Fsp3) is 0.250. The van der Waals surface area contributed by atoms with E-state index in [4.69, 9.17) is 4.74 Å². The first-order valence-corrected chi connectivity index (χ1v) is 6.72. The molecule has 2 rings (SSSR count). The van der Waals surface area contributed by atoms with E-state index in [0.717, 1.165) is 5.56 Å². The van der Waals surface area contributed by atoms with Gasteiger partial charge in [0.05, 0.1) is 12.7 Å². The molecule has 0 amide bonds. The maximum atomic E-state index is 10.2. The van der Waals surface area contributed by atoms with Gasteiger partial charge in [-0.25, -0.2) is 0 Å². The number of hydrogen-bond donors (Lipinski definition) is 2. The summed E-state index contributed by atoms with van der Waals surface area (Å²) in [5, 5.41) is 22.6. The number of nitriles is 1. The first kappa shape index (κ1) is 14.8. The van der Waals surface area contributed by atoms with Crippen molar-refractivity contribution in [2.45, 2.75) is 19.5 Å². The van der Waals surface area contributed by atoms with Crippen molar-refractivity contribution in [2.24, 2.45) is 0 Å². The standard InChI is InChI=1S/C16H17N3O2/c1-2-21-15-7-3-6-13(16(15)20)14(9-17)19-11-12-5-4-8-18-10-12/h3-8,10,14,19-20H,2,11H2,1H3. The third kappa shape index (κ3) is 3.71. The lowest BCUT2D eigenvalue weighted by molar-refractivity contribution is 0.315. The molecule has 0 bridgehead atoms. The van der Waals surface area contributed by atoms with Crippen molar-refractivity contribution in [1.82, 2.24) is 10.3 Å². The zero-order valence-electron chi connectivity index (χ0n) is 11.8. The maximum absolute atomic E-state index is 10.2. The largest absolute Gasteiger partial charge is 0.504 e. The molecule has 2 aromatic rings. The smallest absolute Gasteiger partial charge is 0.163 e. The molecule has 0 saturated carbocycles. The van der Waals surface area contributed by atoms with E-state index in [2.05, 4.69) is 16.4 Å². The molecule has 0 spiro atoms. The highest BCUT2D eigenvalue weighted by atomic mass is 16.5. The zero-order chi connectivity index (χ0) is 15.1. The first-order chi connectivity index (χ1) is 10.3. The maximum Gasteiger partial charge on any atom is 0.163 e. The molecule has 1 aromatic carbocycles. The van der Waals surface area contributed by atoms with Crippen LogP contribution in [0.3, 0.4) is 0 Å². The molecule has 0 radical (unpaired) electrons. The van der Waals surface area contributed by atoms with Crippen LogP contribution in [0.4, 0.5) is 0 Å². The van der Waals surface area contributed by atoms with Gasteiger partial charge in [0.15, 0.2) is 11.5 Å². The van der Waals surface area contributed by atoms with E-state index < -0.39 is 6.04 Å². The van der Waals surface area contributed by atoms with Crippen LogP contribution in [0, 0.1) is 11.3 Å². The summed E-state index contributed by atoms with van der Waals surface area (Å²) in [4.78, 5) is 4.02. The first-order valence-electron chi connectivity index (χ1n) is 6.72. The number of para-hydroxylation sites is 1. The third-order valence-electron chi connectivity index (χ3n) is 3.00. The quantitative estimate of drug-likeness (QED) is 0.851. The molecule has 1 unspecified atom stereocenters. The SMILES string of the molecule is CCOc1cccc(C(C#N)NCc2cccnc2)c1O. The number of phenolic OH excluding ortho intramolecular Hbond substituents is 1. The van der Waals surface area contributed by atoms with E-state index in [1.807, 2.05) is 19.1 Å². The van der Waals surface area contributed by atoms with Crippen molar-refractivity contribution in [2.75, 3.05) is 6.61 Å². The fourth-order valence-corrected chi connectivity index (χ4v) is 1.99. The van der Waals surface area contributed by atoms with E-state index in [9.17, 15) is 10.4 Å². The second kappa shape index (κ2) is 7.27. The average Bonchev–Trinajstić information content (AvgIpc) is 2.52. The van der Waals surface area contributed by atoms with Crippen LogP contribution >= 0.6 is 0 Å². The molecule has 0 aliphatic rings. The minimum atomic E-state index is -0.620. The topological polar surface area (TPSA) is 78.2 Å². The summed E-state index contributed by atoms with van der Waals surface area (Å²) in [5.41, 5.74) is 1.48. The Morgan fingerprint density at radius 1 is 1.38 bits per heavy atom. The van der Waals surface area contributed by atoms with Gasteiger partial charge in [0.2, 0.25) is 0 Å². The molecule has 0 aliphatic heterocycles. The van der Waals surface area contributed by atoms with Crippen LogP contribution in [0.1, 0.15) is 24.1 Å². The zero-order valence-corrected chi connectivity index (χ0v) is 11.8.